The molecule has 2 nitrogen and oxygen atoms in total. The van der Waals surface area contributed by atoms with Crippen LogP contribution in [0.3, 0.4) is 0 Å². The highest BCUT2D eigenvalue weighted by Gasteiger charge is 2.19. The quantitative estimate of drug-likeness (QED) is 0.821. The SMILES string of the molecule is CCCNC(c1cc(OC)cs1)c1sccc1Br. The van der Waals surface area contributed by atoms with Gasteiger partial charge in [0, 0.05) is 19.6 Å². The van der Waals surface area contributed by atoms with Crippen LogP contribution in [0.4, 0.5) is 0 Å². The largest absolute Gasteiger partial charge is 0.496 e. The van der Waals surface area contributed by atoms with Gasteiger partial charge in [-0.05, 0) is 46.4 Å². The lowest BCUT2D eigenvalue weighted by molar-refractivity contribution is 0.416. The third-order valence-corrected chi connectivity index (χ3v) is 5.53. The number of hydrogen-bond donors (Lipinski definition) is 1. The van der Waals surface area contributed by atoms with Crippen molar-refractivity contribution in [2.24, 2.45) is 0 Å². The molecule has 0 bridgehead atoms. The van der Waals surface area contributed by atoms with Crippen molar-refractivity contribution in [3.05, 3.63) is 37.1 Å². The van der Waals surface area contributed by atoms with Crippen LogP contribution in [0, 0.1) is 0 Å². The number of ether oxygens (including phenoxy) is 1. The van der Waals surface area contributed by atoms with E-state index in [0.29, 0.717) is 0 Å². The molecule has 0 aromatic carbocycles. The minimum atomic E-state index is 0.258. The summed E-state index contributed by atoms with van der Waals surface area (Å²) in [5.41, 5.74) is 0. The van der Waals surface area contributed by atoms with Crippen LogP contribution >= 0.6 is 38.6 Å². The summed E-state index contributed by atoms with van der Waals surface area (Å²) in [6.07, 6.45) is 1.13. The molecule has 1 unspecified atom stereocenters. The highest BCUT2D eigenvalue weighted by Crippen LogP contribution is 2.37. The summed E-state index contributed by atoms with van der Waals surface area (Å²) in [5, 5.41) is 7.77. The molecule has 0 saturated carbocycles. The zero-order valence-electron chi connectivity index (χ0n) is 10.4. The minimum Gasteiger partial charge on any atom is -0.496 e. The van der Waals surface area contributed by atoms with Crippen LogP contribution in [-0.2, 0) is 0 Å². The molecular formula is C13H16BrNOS2. The highest BCUT2D eigenvalue weighted by atomic mass is 79.9. The number of hydrogen-bond acceptors (Lipinski definition) is 4. The molecule has 0 saturated heterocycles. The number of rotatable bonds is 6. The Bertz CT molecular complexity index is 495. The van der Waals surface area contributed by atoms with Crippen LogP contribution in [0.1, 0.15) is 29.1 Å². The number of halogens is 1. The summed E-state index contributed by atoms with van der Waals surface area (Å²) in [7, 11) is 1.71. The van der Waals surface area contributed by atoms with E-state index in [2.05, 4.69) is 51.1 Å². The molecule has 2 rings (SSSR count). The van der Waals surface area contributed by atoms with E-state index in [9.17, 15) is 0 Å². The molecular weight excluding hydrogens is 330 g/mol. The third kappa shape index (κ3) is 3.15. The Hall–Kier alpha value is -0.360. The zero-order valence-corrected chi connectivity index (χ0v) is 13.6. The summed E-state index contributed by atoms with van der Waals surface area (Å²) < 4.78 is 6.45. The number of methoxy groups -OCH3 is 1. The van der Waals surface area contributed by atoms with Crippen molar-refractivity contribution in [1.29, 1.82) is 0 Å². The normalized spacial score (nSPS) is 12.6. The standard InChI is InChI=1S/C13H16BrNOS2/c1-3-5-15-12(13-10(14)4-6-17-13)11-7-9(16-2)8-18-11/h4,6-8,12,15H,3,5H2,1-2H3. The van der Waals surface area contributed by atoms with Gasteiger partial charge in [-0.25, -0.2) is 0 Å². The summed E-state index contributed by atoms with van der Waals surface area (Å²) in [4.78, 5) is 2.62. The summed E-state index contributed by atoms with van der Waals surface area (Å²) in [6.45, 7) is 3.19. The van der Waals surface area contributed by atoms with E-state index in [0.717, 1.165) is 18.7 Å². The fourth-order valence-corrected chi connectivity index (χ4v) is 4.42. The van der Waals surface area contributed by atoms with Gasteiger partial charge in [-0.3, -0.25) is 0 Å². The van der Waals surface area contributed by atoms with E-state index in [1.54, 1.807) is 29.8 Å². The molecule has 0 aliphatic heterocycles. The topological polar surface area (TPSA) is 21.3 Å². The molecule has 2 aromatic rings. The smallest absolute Gasteiger partial charge is 0.129 e. The Labute approximate surface area is 124 Å². The van der Waals surface area contributed by atoms with Gasteiger partial charge < -0.3 is 10.1 Å². The molecule has 2 aromatic heterocycles. The predicted molar refractivity (Wildman–Crippen MR) is 83.0 cm³/mol. The predicted octanol–water partition coefficient (Wildman–Crippen LogP) is 4.67. The van der Waals surface area contributed by atoms with Crippen molar-refractivity contribution < 1.29 is 4.74 Å². The van der Waals surface area contributed by atoms with Gasteiger partial charge in [-0.1, -0.05) is 6.92 Å². The molecule has 0 spiro atoms. The minimum absolute atomic E-state index is 0.258. The maximum atomic E-state index is 5.27. The van der Waals surface area contributed by atoms with Crippen LogP contribution in [0.25, 0.3) is 0 Å². The monoisotopic (exact) mass is 345 g/mol. The van der Waals surface area contributed by atoms with E-state index in [1.807, 2.05) is 0 Å². The lowest BCUT2D eigenvalue weighted by Crippen LogP contribution is -2.21. The second-order valence-corrected chi connectivity index (χ2v) is 6.65. The van der Waals surface area contributed by atoms with Gasteiger partial charge >= 0.3 is 0 Å². The Balaban J connectivity index is 2.27. The first-order chi connectivity index (χ1) is 8.76. The van der Waals surface area contributed by atoms with Crippen LogP contribution in [0.15, 0.2) is 27.4 Å². The van der Waals surface area contributed by atoms with Crippen molar-refractivity contribution in [3.63, 3.8) is 0 Å². The van der Waals surface area contributed by atoms with Gasteiger partial charge in [0.1, 0.15) is 5.75 Å². The second-order valence-electron chi connectivity index (χ2n) is 3.91. The van der Waals surface area contributed by atoms with Gasteiger partial charge in [-0.2, -0.15) is 0 Å². The third-order valence-electron chi connectivity index (χ3n) is 2.62. The Kier molecular flexibility index (Phi) is 5.24. The van der Waals surface area contributed by atoms with Crippen molar-refractivity contribution in [2.45, 2.75) is 19.4 Å². The molecule has 1 atom stereocenters. The average Bonchev–Trinajstić information content (AvgIpc) is 3.00. The van der Waals surface area contributed by atoms with Crippen molar-refractivity contribution in [1.82, 2.24) is 5.32 Å². The fraction of sp³-hybridized carbons (Fsp3) is 0.385. The van der Waals surface area contributed by atoms with E-state index >= 15 is 0 Å². The van der Waals surface area contributed by atoms with Crippen LogP contribution in [0.2, 0.25) is 0 Å². The molecule has 0 fully saturated rings. The van der Waals surface area contributed by atoms with Crippen molar-refractivity contribution in [2.75, 3.05) is 13.7 Å². The maximum absolute atomic E-state index is 5.27. The molecule has 5 heteroatoms. The number of thiophene rings is 2. The van der Waals surface area contributed by atoms with Crippen molar-refractivity contribution >= 4 is 38.6 Å². The second kappa shape index (κ2) is 6.70. The van der Waals surface area contributed by atoms with Crippen LogP contribution < -0.4 is 10.1 Å². The van der Waals surface area contributed by atoms with E-state index in [4.69, 9.17) is 4.74 Å². The Morgan fingerprint density at radius 1 is 1.44 bits per heavy atom. The van der Waals surface area contributed by atoms with Crippen LogP contribution in [-0.4, -0.2) is 13.7 Å². The van der Waals surface area contributed by atoms with Gasteiger partial charge in [0.25, 0.3) is 0 Å². The Morgan fingerprint density at radius 2 is 2.28 bits per heavy atom. The van der Waals surface area contributed by atoms with E-state index in [-0.39, 0.29) is 6.04 Å². The lowest BCUT2D eigenvalue weighted by atomic mass is 10.2. The first-order valence-electron chi connectivity index (χ1n) is 5.85. The fourth-order valence-electron chi connectivity index (χ4n) is 1.72. The summed E-state index contributed by atoms with van der Waals surface area (Å²) >= 11 is 7.14. The first-order valence-corrected chi connectivity index (χ1v) is 8.40. The molecule has 0 aliphatic carbocycles. The van der Waals surface area contributed by atoms with E-state index < -0.39 is 0 Å². The summed E-state index contributed by atoms with van der Waals surface area (Å²) in [5.74, 6) is 0.936. The maximum Gasteiger partial charge on any atom is 0.129 e. The van der Waals surface area contributed by atoms with Gasteiger partial charge in [-0.15, -0.1) is 22.7 Å². The molecule has 0 radical (unpaired) electrons. The first kappa shape index (κ1) is 14.1. The molecule has 98 valence electrons. The zero-order chi connectivity index (χ0) is 13.0. The molecule has 0 aliphatic rings. The van der Waals surface area contributed by atoms with Crippen molar-refractivity contribution in [3.8, 4) is 5.75 Å². The summed E-state index contributed by atoms with van der Waals surface area (Å²) in [6, 6.07) is 4.48. The number of nitrogens with one attached hydrogen (secondary N) is 1. The van der Waals surface area contributed by atoms with E-state index in [1.165, 1.54) is 14.2 Å². The van der Waals surface area contributed by atoms with Gasteiger partial charge in [0.05, 0.1) is 13.2 Å². The van der Waals surface area contributed by atoms with Gasteiger partial charge in [0.15, 0.2) is 0 Å². The van der Waals surface area contributed by atoms with Gasteiger partial charge in [0.2, 0.25) is 0 Å². The average molecular weight is 346 g/mol. The molecule has 0 amide bonds. The molecule has 1 N–H and O–H groups in total. The molecule has 18 heavy (non-hydrogen) atoms. The lowest BCUT2D eigenvalue weighted by Gasteiger charge is -2.16. The molecule has 2 heterocycles. The Morgan fingerprint density at radius 3 is 2.83 bits per heavy atom. The van der Waals surface area contributed by atoms with Crippen LogP contribution in [0.5, 0.6) is 5.75 Å². The highest BCUT2D eigenvalue weighted by molar-refractivity contribution is 9.10.